The van der Waals surface area contributed by atoms with Gasteiger partial charge in [-0.25, -0.2) is 22.0 Å². The first kappa shape index (κ1) is 18.3. The smallest absolute Gasteiger partial charge is 0.244 e. The van der Waals surface area contributed by atoms with Crippen molar-refractivity contribution in [3.8, 4) is 5.75 Å². The maximum Gasteiger partial charge on any atom is 0.244 e. The van der Waals surface area contributed by atoms with Crippen molar-refractivity contribution in [2.75, 3.05) is 11.9 Å². The van der Waals surface area contributed by atoms with Crippen LogP contribution in [0, 0.1) is 0 Å². The van der Waals surface area contributed by atoms with Crippen LogP contribution in [0.3, 0.4) is 0 Å². The second kappa shape index (κ2) is 6.21. The van der Waals surface area contributed by atoms with Gasteiger partial charge in [-0.3, -0.25) is 0 Å². The maximum atomic E-state index is 12.7. The number of rotatable bonds is 2. The summed E-state index contributed by atoms with van der Waals surface area (Å²) in [5.74, 6) is 0.709. The summed E-state index contributed by atoms with van der Waals surface area (Å²) in [4.78, 5) is -0.701. The van der Waals surface area contributed by atoms with Crippen LogP contribution < -0.4 is 19.9 Å². The molecule has 4 N–H and O–H groups in total. The Bertz CT molecular complexity index is 1190. The van der Waals surface area contributed by atoms with Gasteiger partial charge in [0, 0.05) is 11.1 Å². The number of benzene rings is 2. The Hall–Kier alpha value is -2.11. The SMILES string of the molecule is NS(=O)(=O)c1cc2c(cc1Cl)NC(C1=Cc3ccccc3OC1)NS2(=O)=O. The lowest BCUT2D eigenvalue weighted by atomic mass is 10.1. The molecule has 2 aliphatic heterocycles. The minimum Gasteiger partial charge on any atom is -0.488 e. The van der Waals surface area contributed by atoms with Gasteiger partial charge in [-0.05, 0) is 24.3 Å². The normalized spacial score (nSPS) is 20.5. The molecule has 0 amide bonds. The summed E-state index contributed by atoms with van der Waals surface area (Å²) in [6.07, 6.45) is 1.07. The molecule has 27 heavy (non-hydrogen) atoms. The molecule has 1 unspecified atom stereocenters. The molecule has 2 heterocycles. The van der Waals surface area contributed by atoms with E-state index in [-0.39, 0.29) is 22.2 Å². The zero-order chi connectivity index (χ0) is 19.4. The Morgan fingerprint density at radius 2 is 1.96 bits per heavy atom. The third-order valence-electron chi connectivity index (χ3n) is 4.23. The number of anilines is 1. The summed E-state index contributed by atoms with van der Waals surface area (Å²) in [6, 6.07) is 9.56. The first-order chi connectivity index (χ1) is 12.6. The van der Waals surface area contributed by atoms with Crippen LogP contribution in [0.15, 0.2) is 51.8 Å². The first-order valence-corrected chi connectivity index (χ1v) is 11.1. The summed E-state index contributed by atoms with van der Waals surface area (Å²) in [6.45, 7) is 0.190. The zero-order valence-corrected chi connectivity index (χ0v) is 16.0. The van der Waals surface area contributed by atoms with Gasteiger partial charge < -0.3 is 10.1 Å². The van der Waals surface area contributed by atoms with Gasteiger partial charge in [-0.1, -0.05) is 29.8 Å². The number of sulfonamides is 2. The van der Waals surface area contributed by atoms with E-state index in [1.165, 1.54) is 6.07 Å². The lowest BCUT2D eigenvalue weighted by molar-refractivity contribution is 0.338. The molecule has 11 heteroatoms. The molecule has 8 nitrogen and oxygen atoms in total. The average molecular weight is 428 g/mol. The van der Waals surface area contributed by atoms with E-state index in [0.29, 0.717) is 11.3 Å². The number of para-hydroxylation sites is 1. The third kappa shape index (κ3) is 3.30. The molecule has 0 saturated carbocycles. The summed E-state index contributed by atoms with van der Waals surface area (Å²) >= 11 is 5.99. The number of nitrogens with two attached hydrogens (primary N) is 1. The van der Waals surface area contributed by atoms with E-state index >= 15 is 0 Å². The average Bonchev–Trinajstić information content (AvgIpc) is 2.59. The highest BCUT2D eigenvalue weighted by Crippen LogP contribution is 2.35. The quantitative estimate of drug-likeness (QED) is 0.666. The Morgan fingerprint density at radius 1 is 1.22 bits per heavy atom. The van der Waals surface area contributed by atoms with Crippen LogP contribution in [0.25, 0.3) is 6.08 Å². The van der Waals surface area contributed by atoms with Crippen LogP contribution in [0.4, 0.5) is 5.69 Å². The van der Waals surface area contributed by atoms with Crippen LogP contribution in [0.1, 0.15) is 5.56 Å². The Morgan fingerprint density at radius 3 is 2.70 bits per heavy atom. The Labute approximate surface area is 161 Å². The van der Waals surface area contributed by atoms with Gasteiger partial charge in [0.05, 0.1) is 10.7 Å². The maximum absolute atomic E-state index is 12.7. The van der Waals surface area contributed by atoms with Crippen molar-refractivity contribution in [1.82, 2.24) is 4.72 Å². The molecule has 0 aliphatic carbocycles. The molecule has 0 radical (unpaired) electrons. The second-order valence-corrected chi connectivity index (χ2v) is 9.69. The number of fused-ring (bicyclic) bond motifs is 2. The molecule has 0 bridgehead atoms. The van der Waals surface area contributed by atoms with Crippen molar-refractivity contribution in [2.45, 2.75) is 16.0 Å². The van der Waals surface area contributed by atoms with Crippen LogP contribution in [0.5, 0.6) is 5.75 Å². The monoisotopic (exact) mass is 427 g/mol. The predicted molar refractivity (Wildman–Crippen MR) is 100 cm³/mol. The third-order valence-corrected chi connectivity index (χ3v) is 7.07. The standard InChI is InChI=1S/C16H14ClN3O5S2/c17-11-6-12-15(7-14(11)26(18,21)22)27(23,24)20-16(19-12)10-5-9-3-1-2-4-13(9)25-8-10/h1-7,16,19-20H,8H2,(H2,18,21,22). The van der Waals surface area contributed by atoms with Crippen LogP contribution >= 0.6 is 11.6 Å². The van der Waals surface area contributed by atoms with E-state index < -0.39 is 31.1 Å². The van der Waals surface area contributed by atoms with Gasteiger partial charge >= 0.3 is 0 Å². The molecule has 0 aromatic heterocycles. The van der Waals surface area contributed by atoms with Gasteiger partial charge in [0.1, 0.15) is 28.3 Å². The molecule has 2 aromatic carbocycles. The fourth-order valence-electron chi connectivity index (χ4n) is 2.96. The van der Waals surface area contributed by atoms with E-state index in [1.807, 2.05) is 30.3 Å². The summed E-state index contributed by atoms with van der Waals surface area (Å²) < 4.78 is 56.7. The summed E-state index contributed by atoms with van der Waals surface area (Å²) in [5, 5.41) is 7.94. The van der Waals surface area contributed by atoms with E-state index in [9.17, 15) is 16.8 Å². The predicted octanol–water partition coefficient (Wildman–Crippen LogP) is 1.49. The topological polar surface area (TPSA) is 128 Å². The van der Waals surface area contributed by atoms with Gasteiger partial charge in [0.15, 0.2) is 0 Å². The largest absolute Gasteiger partial charge is 0.488 e. The van der Waals surface area contributed by atoms with E-state index in [0.717, 1.165) is 11.6 Å². The second-order valence-electron chi connectivity index (χ2n) is 6.07. The van der Waals surface area contributed by atoms with Gasteiger partial charge in [0.25, 0.3) is 0 Å². The van der Waals surface area contributed by atoms with Crippen molar-refractivity contribution in [3.05, 3.63) is 52.6 Å². The van der Waals surface area contributed by atoms with Gasteiger partial charge in [-0.15, -0.1) is 0 Å². The number of nitrogens with one attached hydrogen (secondary N) is 2. The first-order valence-electron chi connectivity index (χ1n) is 7.73. The highest BCUT2D eigenvalue weighted by atomic mass is 35.5. The minimum absolute atomic E-state index is 0.168. The molecule has 2 aliphatic rings. The zero-order valence-electron chi connectivity index (χ0n) is 13.6. The van der Waals surface area contributed by atoms with E-state index in [1.54, 1.807) is 0 Å². The van der Waals surface area contributed by atoms with Crippen molar-refractivity contribution >= 4 is 43.4 Å². The lowest BCUT2D eigenvalue weighted by Gasteiger charge is -2.31. The molecule has 2 aromatic rings. The molecular formula is C16H14ClN3O5S2. The van der Waals surface area contributed by atoms with Crippen LogP contribution in [-0.2, 0) is 20.0 Å². The van der Waals surface area contributed by atoms with Crippen molar-refractivity contribution in [2.24, 2.45) is 5.14 Å². The number of hydrogen-bond donors (Lipinski definition) is 3. The van der Waals surface area contributed by atoms with Crippen molar-refractivity contribution in [3.63, 3.8) is 0 Å². The lowest BCUT2D eigenvalue weighted by Crippen LogP contribution is -2.47. The molecule has 0 saturated heterocycles. The number of hydrogen-bond acceptors (Lipinski definition) is 6. The minimum atomic E-state index is -4.17. The van der Waals surface area contributed by atoms with Crippen LogP contribution in [0.2, 0.25) is 5.02 Å². The van der Waals surface area contributed by atoms with Crippen LogP contribution in [-0.4, -0.2) is 29.6 Å². The van der Waals surface area contributed by atoms with Crippen molar-refractivity contribution in [1.29, 1.82) is 0 Å². The molecule has 1 atom stereocenters. The number of halogens is 1. The molecular weight excluding hydrogens is 414 g/mol. The van der Waals surface area contributed by atoms with Gasteiger partial charge in [-0.2, -0.15) is 4.72 Å². The fourth-order valence-corrected chi connectivity index (χ4v) is 5.46. The summed E-state index contributed by atoms with van der Waals surface area (Å²) in [5.41, 5.74) is 1.67. The molecule has 0 spiro atoms. The Balaban J connectivity index is 1.77. The fraction of sp³-hybridized carbons (Fsp3) is 0.125. The summed E-state index contributed by atoms with van der Waals surface area (Å²) in [7, 11) is -8.17. The number of ether oxygens (including phenoxy) is 1. The molecule has 0 fully saturated rings. The Kier molecular flexibility index (Phi) is 4.20. The number of primary sulfonamides is 1. The highest BCUT2D eigenvalue weighted by molar-refractivity contribution is 7.90. The van der Waals surface area contributed by atoms with E-state index in [2.05, 4.69) is 10.0 Å². The molecule has 142 valence electrons. The van der Waals surface area contributed by atoms with Gasteiger partial charge in [0.2, 0.25) is 20.0 Å². The molecule has 4 rings (SSSR count). The van der Waals surface area contributed by atoms with Crippen molar-refractivity contribution < 1.29 is 21.6 Å². The highest BCUT2D eigenvalue weighted by Gasteiger charge is 2.34. The van der Waals surface area contributed by atoms with E-state index in [4.69, 9.17) is 21.5 Å².